The van der Waals surface area contributed by atoms with Gasteiger partial charge in [-0.25, -0.2) is 8.42 Å². The second-order valence-corrected chi connectivity index (χ2v) is 9.38. The molecule has 0 atom stereocenters. The number of carbonyl (C=O) groups excluding carboxylic acids is 1. The molecule has 0 unspecified atom stereocenters. The number of amides is 1. The lowest BCUT2D eigenvalue weighted by molar-refractivity contribution is 0.0953. The molecular formula is C22H30N2O4S. The van der Waals surface area contributed by atoms with Gasteiger partial charge in [-0.1, -0.05) is 12.1 Å². The summed E-state index contributed by atoms with van der Waals surface area (Å²) in [6, 6.07) is 14.6. The Morgan fingerprint density at radius 3 is 2.45 bits per heavy atom. The Morgan fingerprint density at radius 2 is 1.83 bits per heavy atom. The number of carbonyl (C=O) groups is 1. The summed E-state index contributed by atoms with van der Waals surface area (Å²) in [5, 5.41) is 2.90. The minimum Gasteiger partial charge on any atom is -0.491 e. The van der Waals surface area contributed by atoms with Gasteiger partial charge in [-0.05, 0) is 75.6 Å². The smallest absolute Gasteiger partial charge is 0.251 e. The first-order valence-electron chi connectivity index (χ1n) is 9.83. The van der Waals surface area contributed by atoms with Crippen LogP contribution in [0.25, 0.3) is 0 Å². The van der Waals surface area contributed by atoms with E-state index in [-0.39, 0.29) is 17.8 Å². The Morgan fingerprint density at radius 1 is 1.14 bits per heavy atom. The van der Waals surface area contributed by atoms with Crippen molar-refractivity contribution in [2.75, 3.05) is 23.7 Å². The predicted molar refractivity (Wildman–Crippen MR) is 117 cm³/mol. The van der Waals surface area contributed by atoms with Gasteiger partial charge in [0, 0.05) is 19.2 Å². The molecule has 0 saturated carbocycles. The van der Waals surface area contributed by atoms with Gasteiger partial charge in [0.15, 0.2) is 0 Å². The third kappa shape index (κ3) is 6.78. The van der Waals surface area contributed by atoms with E-state index in [2.05, 4.69) is 11.4 Å². The van der Waals surface area contributed by atoms with Crippen molar-refractivity contribution >= 4 is 21.6 Å². The van der Waals surface area contributed by atoms with Crippen molar-refractivity contribution in [1.29, 1.82) is 0 Å². The molecule has 0 bridgehead atoms. The minimum atomic E-state index is -3.31. The number of benzene rings is 2. The average molecular weight is 419 g/mol. The molecule has 0 aliphatic rings. The van der Waals surface area contributed by atoms with Gasteiger partial charge in [-0.15, -0.1) is 0 Å². The van der Waals surface area contributed by atoms with E-state index in [1.807, 2.05) is 32.0 Å². The van der Waals surface area contributed by atoms with Gasteiger partial charge in [0.2, 0.25) is 10.0 Å². The fourth-order valence-corrected chi connectivity index (χ4v) is 3.65. The predicted octanol–water partition coefficient (Wildman–Crippen LogP) is 3.62. The van der Waals surface area contributed by atoms with Crippen molar-refractivity contribution in [3.8, 4) is 5.75 Å². The molecule has 2 aromatic rings. The number of anilines is 1. The van der Waals surface area contributed by atoms with Crippen LogP contribution in [0.4, 0.5) is 5.69 Å². The maximum atomic E-state index is 12.3. The van der Waals surface area contributed by atoms with E-state index in [9.17, 15) is 13.2 Å². The van der Waals surface area contributed by atoms with Gasteiger partial charge in [0.1, 0.15) is 5.75 Å². The number of nitrogens with zero attached hydrogens (tertiary/aromatic N) is 1. The maximum Gasteiger partial charge on any atom is 0.251 e. The van der Waals surface area contributed by atoms with E-state index in [1.165, 1.54) is 16.9 Å². The van der Waals surface area contributed by atoms with E-state index < -0.39 is 10.0 Å². The number of rotatable bonds is 10. The highest BCUT2D eigenvalue weighted by Crippen LogP contribution is 2.18. The van der Waals surface area contributed by atoms with Gasteiger partial charge >= 0.3 is 0 Å². The van der Waals surface area contributed by atoms with E-state index >= 15 is 0 Å². The molecule has 0 heterocycles. The largest absolute Gasteiger partial charge is 0.491 e. The number of sulfonamides is 1. The highest BCUT2D eigenvalue weighted by atomic mass is 32.2. The summed E-state index contributed by atoms with van der Waals surface area (Å²) < 4.78 is 30.8. The average Bonchev–Trinajstić information content (AvgIpc) is 2.70. The first-order valence-corrected chi connectivity index (χ1v) is 11.4. The van der Waals surface area contributed by atoms with E-state index in [0.717, 1.165) is 18.6 Å². The number of nitrogens with one attached hydrogen (secondary N) is 1. The molecule has 2 aromatic carbocycles. The SMILES string of the molecule is CCS(=O)(=O)N(C)c1ccc(C(=O)NCCCc2cccc(OC(C)C)c2)cc1. The van der Waals surface area contributed by atoms with Crippen molar-refractivity contribution in [2.24, 2.45) is 0 Å². The van der Waals surface area contributed by atoms with Crippen molar-refractivity contribution in [2.45, 2.75) is 39.7 Å². The second kappa shape index (κ2) is 10.3. The normalized spacial score (nSPS) is 11.3. The maximum absolute atomic E-state index is 12.3. The van der Waals surface area contributed by atoms with E-state index in [4.69, 9.17) is 4.74 Å². The first-order chi connectivity index (χ1) is 13.7. The molecule has 0 aliphatic heterocycles. The van der Waals surface area contributed by atoms with Gasteiger partial charge in [0.25, 0.3) is 5.91 Å². The summed E-state index contributed by atoms with van der Waals surface area (Å²) in [6.45, 7) is 6.15. The van der Waals surface area contributed by atoms with Gasteiger partial charge in [-0.2, -0.15) is 0 Å². The van der Waals surface area contributed by atoms with Crippen LogP contribution in [-0.4, -0.2) is 39.8 Å². The summed E-state index contributed by atoms with van der Waals surface area (Å²) in [5.74, 6) is 0.712. The van der Waals surface area contributed by atoms with Gasteiger partial charge in [0.05, 0.1) is 17.5 Å². The third-order valence-electron chi connectivity index (χ3n) is 4.47. The molecule has 1 N–H and O–H groups in total. The number of aryl methyl sites for hydroxylation is 1. The zero-order valence-corrected chi connectivity index (χ0v) is 18.3. The lowest BCUT2D eigenvalue weighted by Gasteiger charge is -2.18. The molecule has 29 heavy (non-hydrogen) atoms. The van der Waals surface area contributed by atoms with Crippen LogP contribution in [0.15, 0.2) is 48.5 Å². The highest BCUT2D eigenvalue weighted by Gasteiger charge is 2.16. The molecule has 0 spiro atoms. The van der Waals surface area contributed by atoms with Crippen LogP contribution >= 0.6 is 0 Å². The lowest BCUT2D eigenvalue weighted by Crippen LogP contribution is -2.28. The molecule has 0 radical (unpaired) electrons. The molecule has 0 aromatic heterocycles. The van der Waals surface area contributed by atoms with Crippen LogP contribution < -0.4 is 14.4 Å². The van der Waals surface area contributed by atoms with Crippen molar-refractivity contribution in [1.82, 2.24) is 5.32 Å². The third-order valence-corrected chi connectivity index (χ3v) is 6.25. The fourth-order valence-electron chi connectivity index (χ4n) is 2.82. The van der Waals surface area contributed by atoms with Gasteiger partial charge in [-0.3, -0.25) is 9.10 Å². The number of ether oxygens (including phenoxy) is 1. The molecule has 7 heteroatoms. The van der Waals surface area contributed by atoms with Crippen molar-refractivity contribution in [3.63, 3.8) is 0 Å². The van der Waals surface area contributed by atoms with Crippen LogP contribution in [0.1, 0.15) is 43.1 Å². The molecule has 0 saturated heterocycles. The van der Waals surface area contributed by atoms with Crippen LogP contribution in [0.2, 0.25) is 0 Å². The van der Waals surface area contributed by atoms with Gasteiger partial charge < -0.3 is 10.1 Å². The first kappa shape index (κ1) is 22.7. The molecule has 2 rings (SSSR count). The molecule has 0 aliphatic carbocycles. The molecule has 158 valence electrons. The summed E-state index contributed by atoms with van der Waals surface area (Å²) >= 11 is 0. The molecular weight excluding hydrogens is 388 g/mol. The zero-order chi connectivity index (χ0) is 21.4. The van der Waals surface area contributed by atoms with E-state index in [0.29, 0.717) is 17.8 Å². The molecule has 6 nitrogen and oxygen atoms in total. The minimum absolute atomic E-state index is 0.0260. The number of hydrogen-bond donors (Lipinski definition) is 1. The topological polar surface area (TPSA) is 75.7 Å². The summed E-state index contributed by atoms with van der Waals surface area (Å²) in [4.78, 5) is 12.3. The Kier molecular flexibility index (Phi) is 8.08. The lowest BCUT2D eigenvalue weighted by atomic mass is 10.1. The quantitative estimate of drug-likeness (QED) is 0.598. The Balaban J connectivity index is 1.84. The highest BCUT2D eigenvalue weighted by molar-refractivity contribution is 7.92. The van der Waals surface area contributed by atoms with Crippen LogP contribution in [-0.2, 0) is 16.4 Å². The van der Waals surface area contributed by atoms with Crippen LogP contribution in [0, 0.1) is 0 Å². The summed E-state index contributed by atoms with van der Waals surface area (Å²) in [7, 11) is -1.81. The van der Waals surface area contributed by atoms with Crippen molar-refractivity contribution < 1.29 is 17.9 Å². The standard InChI is InChI=1S/C22H30N2O4S/c1-5-29(26,27)24(4)20-13-11-19(12-14-20)22(25)23-15-7-9-18-8-6-10-21(16-18)28-17(2)3/h6,8,10-14,16-17H,5,7,9,15H2,1-4H3,(H,23,25). The summed E-state index contributed by atoms with van der Waals surface area (Å²) in [6.07, 6.45) is 1.79. The molecule has 1 amide bonds. The number of hydrogen-bond acceptors (Lipinski definition) is 4. The van der Waals surface area contributed by atoms with Crippen LogP contribution in [0.5, 0.6) is 5.75 Å². The van der Waals surface area contributed by atoms with E-state index in [1.54, 1.807) is 31.2 Å². The Hall–Kier alpha value is -2.54. The molecule has 0 fully saturated rings. The van der Waals surface area contributed by atoms with Crippen LogP contribution in [0.3, 0.4) is 0 Å². The Bertz CT molecular complexity index is 909. The summed E-state index contributed by atoms with van der Waals surface area (Å²) in [5.41, 5.74) is 2.21. The Labute approximate surface area is 173 Å². The zero-order valence-electron chi connectivity index (χ0n) is 17.5. The fraction of sp³-hybridized carbons (Fsp3) is 0.409. The second-order valence-electron chi connectivity index (χ2n) is 7.09. The van der Waals surface area contributed by atoms with Crippen molar-refractivity contribution in [3.05, 3.63) is 59.7 Å². The monoisotopic (exact) mass is 418 g/mol.